The van der Waals surface area contributed by atoms with Gasteiger partial charge in [0, 0.05) is 21.8 Å². The van der Waals surface area contributed by atoms with Crippen LogP contribution >= 0.6 is 23.2 Å². The number of sulfone groups is 1. The van der Waals surface area contributed by atoms with Gasteiger partial charge in [0.15, 0.2) is 9.84 Å². The van der Waals surface area contributed by atoms with Crippen molar-refractivity contribution in [2.24, 2.45) is 0 Å². The summed E-state index contributed by atoms with van der Waals surface area (Å²) in [6, 6.07) is 3.99. The maximum Gasteiger partial charge on any atom is 0.238 e. The lowest BCUT2D eigenvalue weighted by Crippen LogP contribution is -2.42. The van der Waals surface area contributed by atoms with E-state index < -0.39 is 22.0 Å². The number of halogens is 2. The van der Waals surface area contributed by atoms with Crippen molar-refractivity contribution in [3.63, 3.8) is 0 Å². The molecule has 116 valence electrons. The number of anilines is 1. The van der Waals surface area contributed by atoms with Gasteiger partial charge in [0.2, 0.25) is 5.91 Å². The monoisotopic (exact) mass is 352 g/mol. The molecule has 6 nitrogen and oxygen atoms in total. The topological polar surface area (TPSA) is 95.5 Å². The minimum Gasteiger partial charge on any atom is -0.390 e. The third kappa shape index (κ3) is 4.82. The third-order valence-electron chi connectivity index (χ3n) is 2.99. The van der Waals surface area contributed by atoms with Crippen LogP contribution in [0.5, 0.6) is 0 Å². The predicted octanol–water partition coefficient (Wildman–Crippen LogP) is 0.679. The van der Waals surface area contributed by atoms with Crippen molar-refractivity contribution >= 4 is 44.6 Å². The molecule has 0 radical (unpaired) electrons. The van der Waals surface area contributed by atoms with Crippen LogP contribution in [0.3, 0.4) is 0 Å². The number of hydrogen-bond acceptors (Lipinski definition) is 5. The van der Waals surface area contributed by atoms with Gasteiger partial charge in [0.05, 0.1) is 24.2 Å². The summed E-state index contributed by atoms with van der Waals surface area (Å²) >= 11 is 11.6. The van der Waals surface area contributed by atoms with Crippen LogP contribution in [-0.4, -0.2) is 49.6 Å². The summed E-state index contributed by atoms with van der Waals surface area (Å²) in [6.45, 7) is -0.124. The zero-order valence-electron chi connectivity index (χ0n) is 10.8. The fourth-order valence-electron chi connectivity index (χ4n) is 2.08. The summed E-state index contributed by atoms with van der Waals surface area (Å²) in [5.74, 6) is -0.842. The Hall–Kier alpha value is -0.860. The molecule has 1 fully saturated rings. The molecule has 0 saturated carbocycles. The highest BCUT2D eigenvalue weighted by atomic mass is 35.5. The Labute approximate surface area is 132 Å². The van der Waals surface area contributed by atoms with E-state index in [0.29, 0.717) is 15.7 Å². The maximum absolute atomic E-state index is 11.8. The van der Waals surface area contributed by atoms with E-state index in [1.165, 1.54) is 6.07 Å². The van der Waals surface area contributed by atoms with Gasteiger partial charge in [-0.15, -0.1) is 0 Å². The lowest BCUT2D eigenvalue weighted by molar-refractivity contribution is -0.115. The highest BCUT2D eigenvalue weighted by Crippen LogP contribution is 2.22. The van der Waals surface area contributed by atoms with Gasteiger partial charge in [-0.05, 0) is 18.2 Å². The Morgan fingerprint density at radius 1 is 1.24 bits per heavy atom. The Morgan fingerprint density at radius 3 is 2.38 bits per heavy atom. The smallest absolute Gasteiger partial charge is 0.238 e. The molecule has 1 aliphatic heterocycles. The molecular weight excluding hydrogens is 339 g/mol. The summed E-state index contributed by atoms with van der Waals surface area (Å²) in [5, 5.41) is 15.7. The lowest BCUT2D eigenvalue weighted by Gasteiger charge is -2.14. The van der Waals surface area contributed by atoms with E-state index in [-0.39, 0.29) is 24.0 Å². The van der Waals surface area contributed by atoms with E-state index in [1.807, 2.05) is 0 Å². The van der Waals surface area contributed by atoms with Gasteiger partial charge in [-0.3, -0.25) is 4.79 Å². The van der Waals surface area contributed by atoms with Gasteiger partial charge in [-0.2, -0.15) is 0 Å². The van der Waals surface area contributed by atoms with Crippen LogP contribution in [0.1, 0.15) is 0 Å². The minimum absolute atomic E-state index is 0.124. The molecule has 1 aromatic rings. The standard InChI is InChI=1S/C12H14Cl2N2O4S/c13-7-1-8(14)3-9(2-7)16-12(18)4-15-10-5-21(19,20)6-11(10)17/h1-3,10-11,15,17H,4-6H2,(H,16,18). The van der Waals surface area contributed by atoms with Gasteiger partial charge in [0.1, 0.15) is 0 Å². The van der Waals surface area contributed by atoms with Crippen molar-refractivity contribution in [1.29, 1.82) is 0 Å². The van der Waals surface area contributed by atoms with Gasteiger partial charge in [-0.1, -0.05) is 23.2 Å². The SMILES string of the molecule is O=C(CNC1CS(=O)(=O)CC1O)Nc1cc(Cl)cc(Cl)c1. The molecular formula is C12H14Cl2N2O4S. The molecule has 1 heterocycles. The molecule has 2 rings (SSSR count). The number of rotatable bonds is 4. The van der Waals surface area contributed by atoms with Gasteiger partial charge < -0.3 is 15.7 Å². The van der Waals surface area contributed by atoms with Crippen molar-refractivity contribution in [3.05, 3.63) is 28.2 Å². The first-order valence-electron chi connectivity index (χ1n) is 6.13. The molecule has 1 aromatic carbocycles. The Morgan fingerprint density at radius 2 is 1.86 bits per heavy atom. The van der Waals surface area contributed by atoms with Crippen LogP contribution in [0.15, 0.2) is 18.2 Å². The molecule has 0 aliphatic carbocycles. The fourth-order valence-corrected chi connectivity index (χ4v) is 4.38. The van der Waals surface area contributed by atoms with E-state index in [2.05, 4.69) is 10.6 Å². The number of amides is 1. The molecule has 1 aliphatic rings. The summed E-state index contributed by atoms with van der Waals surface area (Å²) in [6.07, 6.45) is -0.997. The van der Waals surface area contributed by atoms with E-state index in [9.17, 15) is 18.3 Å². The molecule has 3 N–H and O–H groups in total. The van der Waals surface area contributed by atoms with Crippen LogP contribution in [-0.2, 0) is 14.6 Å². The van der Waals surface area contributed by atoms with Gasteiger partial charge in [0.25, 0.3) is 0 Å². The zero-order chi connectivity index (χ0) is 15.6. The molecule has 0 bridgehead atoms. The van der Waals surface area contributed by atoms with Gasteiger partial charge >= 0.3 is 0 Å². The number of nitrogens with one attached hydrogen (secondary N) is 2. The summed E-state index contributed by atoms with van der Waals surface area (Å²) in [5.41, 5.74) is 0.443. The quantitative estimate of drug-likeness (QED) is 0.740. The summed E-state index contributed by atoms with van der Waals surface area (Å²) in [4.78, 5) is 11.8. The predicted molar refractivity (Wildman–Crippen MR) is 81.5 cm³/mol. The second-order valence-electron chi connectivity index (χ2n) is 4.84. The highest BCUT2D eigenvalue weighted by Gasteiger charge is 2.36. The summed E-state index contributed by atoms with van der Waals surface area (Å²) < 4.78 is 22.7. The number of carbonyl (C=O) groups is 1. The van der Waals surface area contributed by atoms with Crippen LogP contribution < -0.4 is 10.6 Å². The average molecular weight is 353 g/mol. The molecule has 2 atom stereocenters. The van der Waals surface area contributed by atoms with Crippen LogP contribution in [0.25, 0.3) is 0 Å². The molecule has 9 heteroatoms. The molecule has 1 saturated heterocycles. The van der Waals surface area contributed by atoms with Crippen LogP contribution in [0, 0.1) is 0 Å². The minimum atomic E-state index is -3.24. The Bertz CT molecular complexity index is 630. The molecule has 2 unspecified atom stereocenters. The lowest BCUT2D eigenvalue weighted by atomic mass is 10.2. The number of aliphatic hydroxyl groups is 1. The van der Waals surface area contributed by atoms with Crippen LogP contribution in [0.2, 0.25) is 10.0 Å². The molecule has 21 heavy (non-hydrogen) atoms. The first-order valence-corrected chi connectivity index (χ1v) is 8.71. The maximum atomic E-state index is 11.8. The number of aliphatic hydroxyl groups excluding tert-OH is 1. The highest BCUT2D eigenvalue weighted by molar-refractivity contribution is 7.91. The zero-order valence-corrected chi connectivity index (χ0v) is 13.2. The third-order valence-corrected chi connectivity index (χ3v) is 5.15. The Kier molecular flexibility index (Phi) is 5.11. The van der Waals surface area contributed by atoms with E-state index in [0.717, 1.165) is 0 Å². The molecule has 0 spiro atoms. The largest absolute Gasteiger partial charge is 0.390 e. The van der Waals surface area contributed by atoms with Crippen molar-refractivity contribution < 1.29 is 18.3 Å². The normalized spacial score (nSPS) is 24.0. The van der Waals surface area contributed by atoms with Crippen molar-refractivity contribution in [2.75, 3.05) is 23.4 Å². The van der Waals surface area contributed by atoms with E-state index in [1.54, 1.807) is 12.1 Å². The second kappa shape index (κ2) is 6.50. The van der Waals surface area contributed by atoms with E-state index >= 15 is 0 Å². The summed E-state index contributed by atoms with van der Waals surface area (Å²) in [7, 11) is -3.24. The first-order chi connectivity index (χ1) is 9.75. The van der Waals surface area contributed by atoms with Crippen molar-refractivity contribution in [1.82, 2.24) is 5.32 Å². The number of hydrogen-bond donors (Lipinski definition) is 3. The second-order valence-corrected chi connectivity index (χ2v) is 7.86. The van der Waals surface area contributed by atoms with Crippen LogP contribution in [0.4, 0.5) is 5.69 Å². The fraction of sp³-hybridized carbons (Fsp3) is 0.417. The molecule has 1 amide bonds. The van der Waals surface area contributed by atoms with Crippen molar-refractivity contribution in [2.45, 2.75) is 12.1 Å². The van der Waals surface area contributed by atoms with E-state index in [4.69, 9.17) is 23.2 Å². The van der Waals surface area contributed by atoms with Crippen molar-refractivity contribution in [3.8, 4) is 0 Å². The average Bonchev–Trinajstić information content (AvgIpc) is 2.58. The molecule has 0 aromatic heterocycles. The number of benzene rings is 1. The Balaban J connectivity index is 1.88. The first kappa shape index (κ1) is 16.5. The number of carbonyl (C=O) groups excluding carboxylic acids is 1. The van der Waals surface area contributed by atoms with Gasteiger partial charge in [-0.25, -0.2) is 8.42 Å².